The predicted molar refractivity (Wildman–Crippen MR) is 168 cm³/mol. The van der Waals surface area contributed by atoms with E-state index < -0.39 is 35.7 Å². The second kappa shape index (κ2) is 24.7. The zero-order valence-electron chi connectivity index (χ0n) is 27.0. The third-order valence-electron chi connectivity index (χ3n) is 8.39. The van der Waals surface area contributed by atoms with Gasteiger partial charge >= 0.3 is 17.9 Å². The minimum absolute atomic E-state index is 0.218. The van der Waals surface area contributed by atoms with Gasteiger partial charge in [-0.2, -0.15) is 0 Å². The second-order valence-electron chi connectivity index (χ2n) is 12.7. The van der Waals surface area contributed by atoms with E-state index in [1.807, 2.05) is 0 Å². The molecule has 0 rings (SSSR count). The van der Waals surface area contributed by atoms with Gasteiger partial charge in [0.15, 0.2) is 0 Å². The number of carbonyl (C=O) groups is 3. The Bertz CT molecular complexity index is 667. The van der Waals surface area contributed by atoms with E-state index in [0.717, 1.165) is 38.5 Å². The second-order valence-corrected chi connectivity index (χ2v) is 12.7. The van der Waals surface area contributed by atoms with Gasteiger partial charge < -0.3 is 19.8 Å². The molecule has 0 aromatic heterocycles. The summed E-state index contributed by atoms with van der Waals surface area (Å²) < 4.78 is 0.218. The molecule has 0 aliphatic rings. The quantitative estimate of drug-likeness (QED) is 0.0463. The standard InChI is InChI=1S/C34H63NO6/c1-5-6-7-8-9-10-11-12-13-14-15-16-17-18-19-20-21-22-23-24-25-35(26-29(2)32(36)37,27-30(3)33(38)39)28-31(4)34(40)41/h17-18,29-31H,5-16,19-28H2,1-4H3,(H2-,36,37,38,39,40,41)/p+1/b18-17+. The Morgan fingerprint density at radius 2 is 0.805 bits per heavy atom. The third kappa shape index (κ3) is 21.5. The van der Waals surface area contributed by atoms with E-state index >= 15 is 0 Å². The van der Waals surface area contributed by atoms with Crippen molar-refractivity contribution >= 4 is 17.9 Å². The van der Waals surface area contributed by atoms with E-state index in [-0.39, 0.29) is 24.1 Å². The maximum Gasteiger partial charge on any atom is 0.311 e. The molecule has 3 unspecified atom stereocenters. The molecular formula is C34H64NO6+. The highest BCUT2D eigenvalue weighted by molar-refractivity contribution is 5.70. The molecule has 41 heavy (non-hydrogen) atoms. The number of aliphatic carboxylic acids is 3. The third-order valence-corrected chi connectivity index (χ3v) is 8.39. The molecule has 240 valence electrons. The maximum absolute atomic E-state index is 11.6. The Balaban J connectivity index is 4.29. The van der Waals surface area contributed by atoms with Gasteiger partial charge in [0.05, 0.1) is 26.2 Å². The van der Waals surface area contributed by atoms with Crippen LogP contribution < -0.4 is 0 Å². The van der Waals surface area contributed by atoms with Gasteiger partial charge in [0, 0.05) is 0 Å². The normalized spacial score (nSPS) is 15.4. The molecule has 0 aliphatic carbocycles. The van der Waals surface area contributed by atoms with E-state index in [9.17, 15) is 29.7 Å². The van der Waals surface area contributed by atoms with Gasteiger partial charge in [0.1, 0.15) is 17.8 Å². The molecule has 0 spiro atoms. The first kappa shape index (κ1) is 39.1. The summed E-state index contributed by atoms with van der Waals surface area (Å²) in [5.74, 6) is -4.82. The van der Waals surface area contributed by atoms with Gasteiger partial charge in [-0.05, 0) is 59.3 Å². The van der Waals surface area contributed by atoms with Crippen molar-refractivity contribution < 1.29 is 34.2 Å². The molecule has 0 aliphatic heterocycles. The lowest BCUT2D eigenvalue weighted by atomic mass is 10.0. The van der Waals surface area contributed by atoms with Crippen LogP contribution in [0.5, 0.6) is 0 Å². The van der Waals surface area contributed by atoms with E-state index in [1.165, 1.54) is 77.0 Å². The van der Waals surface area contributed by atoms with Gasteiger partial charge in [0.25, 0.3) is 0 Å². The molecule has 3 atom stereocenters. The van der Waals surface area contributed by atoms with Crippen LogP contribution in [0, 0.1) is 17.8 Å². The van der Waals surface area contributed by atoms with Crippen molar-refractivity contribution in [1.29, 1.82) is 0 Å². The number of carboxylic acids is 3. The first-order valence-electron chi connectivity index (χ1n) is 16.7. The fourth-order valence-corrected chi connectivity index (χ4v) is 5.88. The maximum atomic E-state index is 11.6. The number of hydrogen-bond acceptors (Lipinski definition) is 3. The Morgan fingerprint density at radius 1 is 0.512 bits per heavy atom. The van der Waals surface area contributed by atoms with Crippen LogP contribution in [0.3, 0.4) is 0 Å². The van der Waals surface area contributed by atoms with Gasteiger partial charge in [-0.15, -0.1) is 0 Å². The molecule has 0 bridgehead atoms. The lowest BCUT2D eigenvalue weighted by Crippen LogP contribution is -2.57. The van der Waals surface area contributed by atoms with Gasteiger partial charge in [0.2, 0.25) is 0 Å². The van der Waals surface area contributed by atoms with E-state index in [0.29, 0.717) is 6.54 Å². The monoisotopic (exact) mass is 582 g/mol. The van der Waals surface area contributed by atoms with Crippen LogP contribution in [-0.4, -0.2) is 63.9 Å². The van der Waals surface area contributed by atoms with Gasteiger partial charge in [-0.3, -0.25) is 14.4 Å². The number of hydrogen-bond donors (Lipinski definition) is 3. The number of allylic oxidation sites excluding steroid dienone is 2. The minimum Gasteiger partial charge on any atom is -0.481 e. The summed E-state index contributed by atoms with van der Waals surface area (Å²) in [6.07, 6.45) is 27.2. The largest absolute Gasteiger partial charge is 0.481 e. The van der Waals surface area contributed by atoms with Gasteiger partial charge in [-0.25, -0.2) is 0 Å². The summed E-state index contributed by atoms with van der Waals surface area (Å²) >= 11 is 0. The highest BCUT2D eigenvalue weighted by Crippen LogP contribution is 2.22. The van der Waals surface area contributed by atoms with E-state index in [1.54, 1.807) is 20.8 Å². The average Bonchev–Trinajstić information content (AvgIpc) is 2.91. The number of rotatable bonds is 29. The molecule has 0 saturated heterocycles. The highest BCUT2D eigenvalue weighted by Gasteiger charge is 2.38. The van der Waals surface area contributed by atoms with Crippen molar-refractivity contribution in [3.8, 4) is 0 Å². The molecule has 0 radical (unpaired) electrons. The zero-order chi connectivity index (χ0) is 30.9. The van der Waals surface area contributed by atoms with Crippen LogP contribution in [-0.2, 0) is 14.4 Å². The molecular weight excluding hydrogens is 518 g/mol. The molecule has 0 saturated carbocycles. The Labute approximate surface area is 251 Å². The smallest absolute Gasteiger partial charge is 0.311 e. The van der Waals surface area contributed by atoms with E-state index in [4.69, 9.17) is 0 Å². The number of nitrogens with zero attached hydrogens (tertiary/aromatic N) is 1. The molecule has 0 heterocycles. The summed E-state index contributed by atoms with van der Waals surface area (Å²) in [7, 11) is 0. The first-order chi connectivity index (χ1) is 19.5. The van der Waals surface area contributed by atoms with Crippen molar-refractivity contribution in [2.24, 2.45) is 17.8 Å². The highest BCUT2D eigenvalue weighted by atomic mass is 16.4. The fraction of sp³-hybridized carbons (Fsp3) is 0.853. The molecule has 7 heteroatoms. The Kier molecular flexibility index (Phi) is 23.5. The predicted octanol–water partition coefficient (Wildman–Crippen LogP) is 8.56. The van der Waals surface area contributed by atoms with Crippen molar-refractivity contribution in [2.75, 3.05) is 26.2 Å². The minimum atomic E-state index is -0.935. The summed E-state index contributed by atoms with van der Waals surface area (Å²) in [5, 5.41) is 28.6. The molecule has 0 aromatic rings. The van der Waals surface area contributed by atoms with Crippen LogP contribution in [0.4, 0.5) is 0 Å². The molecule has 3 N–H and O–H groups in total. The Morgan fingerprint density at radius 3 is 1.12 bits per heavy atom. The van der Waals surface area contributed by atoms with Crippen LogP contribution in [0.2, 0.25) is 0 Å². The van der Waals surface area contributed by atoms with Gasteiger partial charge in [-0.1, -0.05) is 96.1 Å². The SMILES string of the molecule is CCCCCCCCCCCCC/C=C/CCCCCCC[N+](CC(C)C(=O)O)(CC(C)C(=O)O)CC(C)C(=O)O. The molecule has 0 amide bonds. The summed E-state index contributed by atoms with van der Waals surface area (Å²) in [5.41, 5.74) is 0. The summed E-state index contributed by atoms with van der Waals surface area (Å²) in [6.45, 7) is 8.47. The van der Waals surface area contributed by atoms with Crippen LogP contribution in [0.25, 0.3) is 0 Å². The van der Waals surface area contributed by atoms with Crippen LogP contribution in [0.15, 0.2) is 12.2 Å². The number of quaternary nitrogens is 1. The van der Waals surface area contributed by atoms with Crippen LogP contribution in [0.1, 0.15) is 143 Å². The first-order valence-corrected chi connectivity index (χ1v) is 16.7. The Hall–Kier alpha value is -1.89. The topological polar surface area (TPSA) is 112 Å². The van der Waals surface area contributed by atoms with E-state index in [2.05, 4.69) is 19.1 Å². The lowest BCUT2D eigenvalue weighted by Gasteiger charge is -2.42. The summed E-state index contributed by atoms with van der Waals surface area (Å²) in [4.78, 5) is 34.9. The molecule has 7 nitrogen and oxygen atoms in total. The molecule has 0 aromatic carbocycles. The summed E-state index contributed by atoms with van der Waals surface area (Å²) in [6, 6.07) is 0. The van der Waals surface area contributed by atoms with Crippen molar-refractivity contribution in [1.82, 2.24) is 0 Å². The lowest BCUT2D eigenvalue weighted by molar-refractivity contribution is -0.934. The number of unbranched alkanes of at least 4 members (excludes halogenated alkanes) is 16. The van der Waals surface area contributed by atoms with Crippen molar-refractivity contribution in [3.05, 3.63) is 12.2 Å². The number of carboxylic acid groups (broad SMARTS) is 3. The van der Waals surface area contributed by atoms with Crippen molar-refractivity contribution in [3.63, 3.8) is 0 Å². The molecule has 0 fully saturated rings. The zero-order valence-corrected chi connectivity index (χ0v) is 27.0. The fourth-order valence-electron chi connectivity index (χ4n) is 5.88. The average molecular weight is 583 g/mol. The van der Waals surface area contributed by atoms with Crippen LogP contribution >= 0.6 is 0 Å². The van der Waals surface area contributed by atoms with Crippen molar-refractivity contribution in [2.45, 2.75) is 143 Å².